The highest BCUT2D eigenvalue weighted by molar-refractivity contribution is 9.10. The summed E-state index contributed by atoms with van der Waals surface area (Å²) in [5, 5.41) is 3.31. The maximum atomic E-state index is 5.47. The summed E-state index contributed by atoms with van der Waals surface area (Å²) in [6.07, 6.45) is 0. The summed E-state index contributed by atoms with van der Waals surface area (Å²) in [5.74, 6) is 0.585. The van der Waals surface area contributed by atoms with Crippen LogP contribution in [0, 0.1) is 5.92 Å². The van der Waals surface area contributed by atoms with Gasteiger partial charge < -0.3 is 14.8 Å². The van der Waals surface area contributed by atoms with Gasteiger partial charge in [0.2, 0.25) is 0 Å². The highest BCUT2D eigenvalue weighted by atomic mass is 79.9. The summed E-state index contributed by atoms with van der Waals surface area (Å²) in [7, 11) is 0. The van der Waals surface area contributed by atoms with E-state index in [0.717, 1.165) is 23.3 Å². The van der Waals surface area contributed by atoms with E-state index >= 15 is 0 Å². The Hall–Kier alpha value is -0.580. The molecule has 3 nitrogen and oxygen atoms in total. The van der Waals surface area contributed by atoms with Crippen molar-refractivity contribution in [3.63, 3.8) is 0 Å². The van der Waals surface area contributed by atoms with Crippen molar-refractivity contribution in [1.82, 2.24) is 0 Å². The van der Waals surface area contributed by atoms with Crippen molar-refractivity contribution in [3.05, 3.63) is 28.7 Å². The smallest absolute Gasteiger partial charge is 0.0701 e. The van der Waals surface area contributed by atoms with Crippen molar-refractivity contribution < 1.29 is 9.47 Å². The lowest BCUT2D eigenvalue weighted by atomic mass is 10.2. The zero-order valence-corrected chi connectivity index (χ0v) is 12.7. The minimum Gasteiger partial charge on any atom is -0.382 e. The SMILES string of the molecule is CC(C)COCCOCCNc1ccccc1Br. The zero-order chi connectivity index (χ0) is 13.2. The Morgan fingerprint density at radius 1 is 1.11 bits per heavy atom. The van der Waals surface area contributed by atoms with Gasteiger partial charge in [-0.1, -0.05) is 26.0 Å². The number of anilines is 1. The average molecular weight is 316 g/mol. The Labute approximate surface area is 118 Å². The first kappa shape index (κ1) is 15.5. The van der Waals surface area contributed by atoms with Gasteiger partial charge in [-0.3, -0.25) is 0 Å². The second kappa shape index (κ2) is 9.36. The second-order valence-corrected chi connectivity index (χ2v) is 5.34. The van der Waals surface area contributed by atoms with Crippen molar-refractivity contribution in [2.75, 3.05) is 38.3 Å². The van der Waals surface area contributed by atoms with Crippen LogP contribution in [0.2, 0.25) is 0 Å². The largest absolute Gasteiger partial charge is 0.382 e. The molecule has 18 heavy (non-hydrogen) atoms. The Morgan fingerprint density at radius 3 is 2.56 bits per heavy atom. The molecule has 1 rings (SSSR count). The third-order valence-corrected chi connectivity index (χ3v) is 2.95. The van der Waals surface area contributed by atoms with Crippen LogP contribution in [0.15, 0.2) is 28.7 Å². The number of nitrogens with one attached hydrogen (secondary N) is 1. The molecule has 0 saturated carbocycles. The van der Waals surface area contributed by atoms with Crippen LogP contribution in [0.1, 0.15) is 13.8 Å². The second-order valence-electron chi connectivity index (χ2n) is 4.49. The molecule has 1 aromatic rings. The van der Waals surface area contributed by atoms with Gasteiger partial charge in [-0.05, 0) is 34.0 Å². The van der Waals surface area contributed by atoms with Gasteiger partial charge >= 0.3 is 0 Å². The van der Waals surface area contributed by atoms with E-state index in [0.29, 0.717) is 25.7 Å². The van der Waals surface area contributed by atoms with E-state index in [-0.39, 0.29) is 0 Å². The van der Waals surface area contributed by atoms with E-state index < -0.39 is 0 Å². The molecule has 0 atom stereocenters. The van der Waals surface area contributed by atoms with Crippen LogP contribution in [0.25, 0.3) is 0 Å². The molecule has 0 amide bonds. The Kier molecular flexibility index (Phi) is 8.05. The quantitative estimate of drug-likeness (QED) is 0.707. The molecule has 4 heteroatoms. The fourth-order valence-electron chi connectivity index (χ4n) is 1.40. The van der Waals surface area contributed by atoms with E-state index in [9.17, 15) is 0 Å². The third kappa shape index (κ3) is 6.99. The van der Waals surface area contributed by atoms with Gasteiger partial charge in [-0.25, -0.2) is 0 Å². The Morgan fingerprint density at radius 2 is 1.83 bits per heavy atom. The van der Waals surface area contributed by atoms with E-state index in [1.807, 2.05) is 24.3 Å². The summed E-state index contributed by atoms with van der Waals surface area (Å²) < 4.78 is 12.0. The normalized spacial score (nSPS) is 10.9. The van der Waals surface area contributed by atoms with Gasteiger partial charge in [0, 0.05) is 23.3 Å². The summed E-state index contributed by atoms with van der Waals surface area (Å²) >= 11 is 3.49. The highest BCUT2D eigenvalue weighted by Crippen LogP contribution is 2.20. The van der Waals surface area contributed by atoms with Crippen molar-refractivity contribution in [2.24, 2.45) is 5.92 Å². The molecule has 0 aromatic heterocycles. The average Bonchev–Trinajstić information content (AvgIpc) is 2.34. The molecule has 102 valence electrons. The topological polar surface area (TPSA) is 30.5 Å². The first-order valence-corrected chi connectivity index (χ1v) is 7.13. The van der Waals surface area contributed by atoms with E-state index in [2.05, 4.69) is 35.1 Å². The first-order valence-electron chi connectivity index (χ1n) is 6.34. The lowest BCUT2D eigenvalue weighted by Gasteiger charge is -2.09. The van der Waals surface area contributed by atoms with Gasteiger partial charge in [0.1, 0.15) is 0 Å². The van der Waals surface area contributed by atoms with Crippen LogP contribution in [0.5, 0.6) is 0 Å². The molecule has 0 heterocycles. The first-order chi connectivity index (χ1) is 8.70. The molecule has 1 aromatic carbocycles. The fourth-order valence-corrected chi connectivity index (χ4v) is 1.83. The van der Waals surface area contributed by atoms with Crippen LogP contribution < -0.4 is 5.32 Å². The van der Waals surface area contributed by atoms with Crippen LogP contribution in [0.3, 0.4) is 0 Å². The van der Waals surface area contributed by atoms with Crippen molar-refractivity contribution >= 4 is 21.6 Å². The van der Waals surface area contributed by atoms with Crippen molar-refractivity contribution in [3.8, 4) is 0 Å². The van der Waals surface area contributed by atoms with Crippen LogP contribution in [-0.2, 0) is 9.47 Å². The van der Waals surface area contributed by atoms with Gasteiger partial charge in [0.05, 0.1) is 19.8 Å². The predicted octanol–water partition coefficient (Wildman–Crippen LogP) is 3.55. The molecule has 0 aliphatic rings. The summed E-state index contributed by atoms with van der Waals surface area (Å²) in [4.78, 5) is 0. The number of halogens is 1. The third-order valence-electron chi connectivity index (χ3n) is 2.26. The molecular weight excluding hydrogens is 294 g/mol. The Balaban J connectivity index is 1.98. The number of ether oxygens (including phenoxy) is 2. The highest BCUT2D eigenvalue weighted by Gasteiger charge is 1.97. The van der Waals surface area contributed by atoms with Crippen LogP contribution >= 0.6 is 15.9 Å². The van der Waals surface area contributed by atoms with Gasteiger partial charge in [-0.15, -0.1) is 0 Å². The van der Waals surface area contributed by atoms with E-state index in [1.54, 1.807) is 0 Å². The maximum Gasteiger partial charge on any atom is 0.0701 e. The Bertz CT molecular complexity index is 331. The van der Waals surface area contributed by atoms with E-state index in [1.165, 1.54) is 0 Å². The molecule has 0 radical (unpaired) electrons. The molecule has 0 aliphatic heterocycles. The number of hydrogen-bond acceptors (Lipinski definition) is 3. The summed E-state index contributed by atoms with van der Waals surface area (Å²) in [6, 6.07) is 8.06. The lowest BCUT2D eigenvalue weighted by Crippen LogP contribution is -2.13. The molecule has 0 bridgehead atoms. The minimum atomic E-state index is 0.585. The van der Waals surface area contributed by atoms with Gasteiger partial charge in [0.25, 0.3) is 0 Å². The number of hydrogen-bond donors (Lipinski definition) is 1. The zero-order valence-electron chi connectivity index (χ0n) is 11.1. The van der Waals surface area contributed by atoms with Crippen LogP contribution in [0.4, 0.5) is 5.69 Å². The maximum absolute atomic E-state index is 5.47. The fraction of sp³-hybridized carbons (Fsp3) is 0.571. The summed E-state index contributed by atoms with van der Waals surface area (Å²) in [6.45, 7) is 7.90. The lowest BCUT2D eigenvalue weighted by molar-refractivity contribution is 0.0411. The van der Waals surface area contributed by atoms with Crippen molar-refractivity contribution in [2.45, 2.75) is 13.8 Å². The molecule has 0 unspecified atom stereocenters. The molecular formula is C14H22BrNO2. The summed E-state index contributed by atoms with van der Waals surface area (Å²) in [5.41, 5.74) is 1.09. The number of benzene rings is 1. The standard InChI is InChI=1S/C14H22BrNO2/c1-12(2)11-18-10-9-17-8-7-16-14-6-4-3-5-13(14)15/h3-6,12,16H,7-11H2,1-2H3. The number of para-hydroxylation sites is 1. The van der Waals surface area contributed by atoms with Gasteiger partial charge in [-0.2, -0.15) is 0 Å². The number of rotatable bonds is 9. The monoisotopic (exact) mass is 315 g/mol. The molecule has 0 fully saturated rings. The van der Waals surface area contributed by atoms with Crippen molar-refractivity contribution in [1.29, 1.82) is 0 Å². The minimum absolute atomic E-state index is 0.585. The van der Waals surface area contributed by atoms with Crippen LogP contribution in [-0.4, -0.2) is 33.0 Å². The molecule has 1 N–H and O–H groups in total. The molecule has 0 spiro atoms. The molecule has 0 aliphatic carbocycles. The predicted molar refractivity (Wildman–Crippen MR) is 79.1 cm³/mol. The van der Waals surface area contributed by atoms with Gasteiger partial charge in [0.15, 0.2) is 0 Å². The van der Waals surface area contributed by atoms with E-state index in [4.69, 9.17) is 9.47 Å². The molecule has 0 saturated heterocycles.